The summed E-state index contributed by atoms with van der Waals surface area (Å²) in [5, 5.41) is 2.45. The Morgan fingerprint density at radius 2 is 1.93 bits per heavy atom. The third-order valence-corrected chi connectivity index (χ3v) is 5.69. The fourth-order valence-electron chi connectivity index (χ4n) is 3.24. The maximum Gasteiger partial charge on any atom is 0.273 e. The standard InChI is InChI=1S/C21H22N4O2S/c1-14-4-5-15(2)18(12-14)27-16-6-10-25(11-7-16)21(26)17-13-28-20(24-17)19-22-8-3-9-23-19/h3-5,8-9,12-13,16H,6-7,10-11H2,1-2H3. The number of ether oxygens (including phenoxy) is 1. The van der Waals surface area contributed by atoms with Gasteiger partial charge in [0.05, 0.1) is 0 Å². The van der Waals surface area contributed by atoms with Gasteiger partial charge in [-0.25, -0.2) is 15.0 Å². The molecule has 4 rings (SSSR count). The fourth-order valence-corrected chi connectivity index (χ4v) is 3.98. The first kappa shape index (κ1) is 18.6. The molecule has 7 heteroatoms. The highest BCUT2D eigenvalue weighted by molar-refractivity contribution is 7.13. The summed E-state index contributed by atoms with van der Waals surface area (Å²) >= 11 is 1.39. The lowest BCUT2D eigenvalue weighted by Crippen LogP contribution is -2.42. The number of thiazole rings is 1. The van der Waals surface area contributed by atoms with Gasteiger partial charge in [0.15, 0.2) is 10.8 Å². The van der Waals surface area contributed by atoms with E-state index in [9.17, 15) is 4.79 Å². The van der Waals surface area contributed by atoms with Crippen LogP contribution in [0.15, 0.2) is 42.0 Å². The molecule has 3 aromatic rings. The van der Waals surface area contributed by atoms with Crippen molar-refractivity contribution >= 4 is 17.2 Å². The highest BCUT2D eigenvalue weighted by atomic mass is 32.1. The van der Waals surface area contributed by atoms with Gasteiger partial charge in [-0.3, -0.25) is 4.79 Å². The largest absolute Gasteiger partial charge is 0.490 e. The van der Waals surface area contributed by atoms with Gasteiger partial charge in [-0.15, -0.1) is 11.3 Å². The number of carbonyl (C=O) groups is 1. The molecule has 3 heterocycles. The predicted octanol–water partition coefficient (Wildman–Crippen LogP) is 3.90. The molecule has 0 spiro atoms. The maximum atomic E-state index is 12.8. The zero-order valence-electron chi connectivity index (χ0n) is 16.0. The lowest BCUT2D eigenvalue weighted by atomic mass is 10.1. The van der Waals surface area contributed by atoms with Gasteiger partial charge in [0, 0.05) is 43.7 Å². The number of benzene rings is 1. The van der Waals surface area contributed by atoms with Crippen molar-refractivity contribution in [3.63, 3.8) is 0 Å². The van der Waals surface area contributed by atoms with Crippen molar-refractivity contribution in [3.05, 3.63) is 58.9 Å². The predicted molar refractivity (Wildman–Crippen MR) is 109 cm³/mol. The fraction of sp³-hybridized carbons (Fsp3) is 0.333. The van der Waals surface area contributed by atoms with E-state index in [0.717, 1.165) is 24.2 Å². The van der Waals surface area contributed by atoms with Crippen LogP contribution in [0.5, 0.6) is 5.75 Å². The molecule has 0 saturated carbocycles. The summed E-state index contributed by atoms with van der Waals surface area (Å²) in [5.41, 5.74) is 2.79. The first-order valence-corrected chi connectivity index (χ1v) is 10.2. The van der Waals surface area contributed by atoms with E-state index in [0.29, 0.717) is 29.6 Å². The van der Waals surface area contributed by atoms with Gasteiger partial charge in [-0.2, -0.15) is 0 Å². The van der Waals surface area contributed by atoms with Crippen LogP contribution >= 0.6 is 11.3 Å². The van der Waals surface area contributed by atoms with E-state index in [1.165, 1.54) is 16.9 Å². The normalized spacial score (nSPS) is 14.9. The second kappa shape index (κ2) is 8.06. The number of hydrogen-bond donors (Lipinski definition) is 0. The van der Waals surface area contributed by atoms with E-state index in [4.69, 9.17) is 4.74 Å². The van der Waals surface area contributed by atoms with Crippen molar-refractivity contribution in [2.45, 2.75) is 32.8 Å². The van der Waals surface area contributed by atoms with Crippen LogP contribution in [0, 0.1) is 13.8 Å². The van der Waals surface area contributed by atoms with Crippen LogP contribution in [-0.4, -0.2) is 45.0 Å². The van der Waals surface area contributed by atoms with Gasteiger partial charge in [0.25, 0.3) is 5.91 Å². The molecule has 1 fully saturated rings. The first-order valence-electron chi connectivity index (χ1n) is 9.36. The molecule has 0 bridgehead atoms. The van der Waals surface area contributed by atoms with E-state index < -0.39 is 0 Å². The van der Waals surface area contributed by atoms with Crippen LogP contribution in [0.2, 0.25) is 0 Å². The Morgan fingerprint density at radius 1 is 1.18 bits per heavy atom. The Balaban J connectivity index is 1.37. The summed E-state index contributed by atoms with van der Waals surface area (Å²) in [5.74, 6) is 1.45. The Bertz CT molecular complexity index is 966. The summed E-state index contributed by atoms with van der Waals surface area (Å²) in [6.07, 6.45) is 5.11. The van der Waals surface area contributed by atoms with Crippen LogP contribution in [0.1, 0.15) is 34.5 Å². The minimum Gasteiger partial charge on any atom is -0.490 e. The van der Waals surface area contributed by atoms with Gasteiger partial charge in [0.1, 0.15) is 17.5 Å². The van der Waals surface area contributed by atoms with E-state index in [1.807, 2.05) is 4.90 Å². The number of rotatable bonds is 4. The zero-order chi connectivity index (χ0) is 19.5. The molecule has 1 aromatic carbocycles. The van der Waals surface area contributed by atoms with Gasteiger partial charge in [0.2, 0.25) is 0 Å². The number of nitrogens with zero attached hydrogens (tertiary/aromatic N) is 4. The maximum absolute atomic E-state index is 12.8. The smallest absolute Gasteiger partial charge is 0.273 e. The summed E-state index contributed by atoms with van der Waals surface area (Å²) in [4.78, 5) is 27.5. The summed E-state index contributed by atoms with van der Waals surface area (Å²) in [6, 6.07) is 8.01. The van der Waals surface area contributed by atoms with E-state index >= 15 is 0 Å². The number of piperidine rings is 1. The van der Waals surface area contributed by atoms with Crippen LogP contribution in [0.4, 0.5) is 0 Å². The average Bonchev–Trinajstić information content (AvgIpc) is 3.22. The van der Waals surface area contributed by atoms with Gasteiger partial charge < -0.3 is 9.64 Å². The molecule has 1 aliphatic rings. The number of hydrogen-bond acceptors (Lipinski definition) is 6. The molecule has 0 unspecified atom stereocenters. The molecular weight excluding hydrogens is 372 g/mol. The number of aromatic nitrogens is 3. The van der Waals surface area contributed by atoms with Crippen LogP contribution < -0.4 is 4.74 Å². The minimum atomic E-state index is -0.0383. The molecule has 0 aliphatic carbocycles. The molecule has 1 amide bonds. The molecular formula is C21H22N4O2S. The van der Waals surface area contributed by atoms with Crippen LogP contribution in [0.3, 0.4) is 0 Å². The molecule has 1 saturated heterocycles. The van der Waals surface area contributed by atoms with Crippen molar-refractivity contribution in [2.24, 2.45) is 0 Å². The quantitative estimate of drug-likeness (QED) is 0.671. The SMILES string of the molecule is Cc1ccc(C)c(OC2CCN(C(=O)c3csc(-c4ncccn4)n3)CC2)c1. The molecule has 1 aliphatic heterocycles. The van der Waals surface area contributed by atoms with Gasteiger partial charge in [-0.05, 0) is 37.1 Å². The number of aryl methyl sites for hydroxylation is 2. The van der Waals surface area contributed by atoms with Crippen molar-refractivity contribution in [3.8, 4) is 16.6 Å². The van der Waals surface area contributed by atoms with Crippen molar-refractivity contribution in [1.82, 2.24) is 19.9 Å². The number of amides is 1. The van der Waals surface area contributed by atoms with Crippen molar-refractivity contribution in [2.75, 3.05) is 13.1 Å². The zero-order valence-corrected chi connectivity index (χ0v) is 16.8. The Kier molecular flexibility index (Phi) is 5.34. The number of carbonyl (C=O) groups excluding carboxylic acids is 1. The molecule has 0 radical (unpaired) electrons. The minimum absolute atomic E-state index is 0.0383. The molecule has 6 nitrogen and oxygen atoms in total. The Morgan fingerprint density at radius 3 is 2.68 bits per heavy atom. The van der Waals surface area contributed by atoms with Gasteiger partial charge in [-0.1, -0.05) is 12.1 Å². The second-order valence-electron chi connectivity index (χ2n) is 6.99. The van der Waals surface area contributed by atoms with Crippen molar-refractivity contribution < 1.29 is 9.53 Å². The topological polar surface area (TPSA) is 68.2 Å². The summed E-state index contributed by atoms with van der Waals surface area (Å²) in [7, 11) is 0. The van der Waals surface area contributed by atoms with E-state index in [2.05, 4.69) is 47.0 Å². The molecule has 28 heavy (non-hydrogen) atoms. The average molecular weight is 395 g/mol. The lowest BCUT2D eigenvalue weighted by molar-refractivity contribution is 0.0589. The second-order valence-corrected chi connectivity index (χ2v) is 7.85. The Labute approximate surface area is 168 Å². The molecule has 0 atom stereocenters. The Hall–Kier alpha value is -2.80. The molecule has 2 aromatic heterocycles. The molecule has 0 N–H and O–H groups in total. The monoisotopic (exact) mass is 394 g/mol. The number of likely N-dealkylation sites (tertiary alicyclic amines) is 1. The third kappa shape index (κ3) is 4.04. The highest BCUT2D eigenvalue weighted by Gasteiger charge is 2.26. The first-order chi connectivity index (χ1) is 13.6. The molecule has 144 valence electrons. The summed E-state index contributed by atoms with van der Waals surface area (Å²) in [6.45, 7) is 5.46. The lowest BCUT2D eigenvalue weighted by Gasteiger charge is -2.32. The van der Waals surface area contributed by atoms with Gasteiger partial charge >= 0.3 is 0 Å². The third-order valence-electron chi connectivity index (χ3n) is 4.85. The van der Waals surface area contributed by atoms with E-state index in [1.54, 1.807) is 23.8 Å². The summed E-state index contributed by atoms with van der Waals surface area (Å²) < 4.78 is 6.19. The van der Waals surface area contributed by atoms with Crippen LogP contribution in [-0.2, 0) is 0 Å². The highest BCUT2D eigenvalue weighted by Crippen LogP contribution is 2.25. The van der Waals surface area contributed by atoms with Crippen LogP contribution in [0.25, 0.3) is 10.8 Å². The van der Waals surface area contributed by atoms with E-state index in [-0.39, 0.29) is 12.0 Å². The van der Waals surface area contributed by atoms with Crippen molar-refractivity contribution in [1.29, 1.82) is 0 Å².